The van der Waals surface area contributed by atoms with Gasteiger partial charge >= 0.3 is 12.0 Å². The monoisotopic (exact) mass is 437 g/mol. The van der Waals surface area contributed by atoms with Crippen molar-refractivity contribution in [3.63, 3.8) is 0 Å². The van der Waals surface area contributed by atoms with E-state index in [1.807, 2.05) is 0 Å². The number of fused-ring (bicyclic) bond motifs is 1. The number of ether oxygens (including phenoxy) is 2. The number of esters is 1. The van der Waals surface area contributed by atoms with Crippen LogP contribution in [-0.2, 0) is 9.47 Å². The molecule has 2 N–H and O–H groups in total. The summed E-state index contributed by atoms with van der Waals surface area (Å²) in [5, 5.41) is 10.0. The van der Waals surface area contributed by atoms with Gasteiger partial charge in [-0.1, -0.05) is 23.2 Å². The molecule has 152 valence electrons. The van der Waals surface area contributed by atoms with Crippen molar-refractivity contribution in [1.82, 2.24) is 14.6 Å². The summed E-state index contributed by atoms with van der Waals surface area (Å²) < 4.78 is 11.6. The maximum atomic E-state index is 12.5. The smallest absolute Gasteiger partial charge is 0.337 e. The van der Waals surface area contributed by atoms with Crippen molar-refractivity contribution in [2.45, 2.75) is 13.0 Å². The van der Waals surface area contributed by atoms with Crippen molar-refractivity contribution < 1.29 is 19.1 Å². The van der Waals surface area contributed by atoms with E-state index in [-0.39, 0.29) is 15.7 Å². The van der Waals surface area contributed by atoms with Crippen LogP contribution in [0.5, 0.6) is 0 Å². The van der Waals surface area contributed by atoms with Crippen LogP contribution in [0.3, 0.4) is 0 Å². The number of nitrogens with zero attached hydrogens (tertiary/aromatic N) is 3. The predicted molar refractivity (Wildman–Crippen MR) is 109 cm³/mol. The first-order valence-electron chi connectivity index (χ1n) is 8.36. The maximum absolute atomic E-state index is 12.5. The lowest BCUT2D eigenvalue weighted by atomic mass is 10.2. The second kappa shape index (κ2) is 8.64. The fourth-order valence-corrected chi connectivity index (χ4v) is 3.11. The second-order valence-electron chi connectivity index (χ2n) is 5.97. The highest BCUT2D eigenvalue weighted by atomic mass is 35.5. The molecule has 3 aromatic rings. The summed E-state index contributed by atoms with van der Waals surface area (Å²) in [4.78, 5) is 28.5. The first-order chi connectivity index (χ1) is 13.8. The van der Waals surface area contributed by atoms with Gasteiger partial charge in [0.1, 0.15) is 0 Å². The normalized spacial score (nSPS) is 11.9. The van der Waals surface area contributed by atoms with Crippen molar-refractivity contribution in [2.24, 2.45) is 0 Å². The third-order valence-electron chi connectivity index (χ3n) is 4.05. The third kappa shape index (κ3) is 4.58. The van der Waals surface area contributed by atoms with E-state index in [9.17, 15) is 9.59 Å². The number of aromatic nitrogens is 3. The van der Waals surface area contributed by atoms with Gasteiger partial charge in [0, 0.05) is 23.9 Å². The summed E-state index contributed by atoms with van der Waals surface area (Å²) in [6.07, 6.45) is 1.07. The molecule has 0 saturated heterocycles. The van der Waals surface area contributed by atoms with E-state index in [2.05, 4.69) is 25.5 Å². The van der Waals surface area contributed by atoms with E-state index in [4.69, 9.17) is 27.9 Å². The molecule has 29 heavy (non-hydrogen) atoms. The van der Waals surface area contributed by atoms with E-state index >= 15 is 0 Å². The summed E-state index contributed by atoms with van der Waals surface area (Å²) in [7, 11) is 2.79. The van der Waals surface area contributed by atoms with Crippen LogP contribution in [0.1, 0.15) is 29.1 Å². The molecule has 0 radical (unpaired) electrons. The molecule has 0 saturated carbocycles. The average Bonchev–Trinajstić information content (AvgIpc) is 3.06. The Morgan fingerprint density at radius 2 is 1.90 bits per heavy atom. The van der Waals surface area contributed by atoms with E-state index in [1.54, 1.807) is 13.0 Å². The molecule has 3 rings (SSSR count). The Morgan fingerprint density at radius 1 is 1.14 bits per heavy atom. The number of benzene rings is 1. The lowest BCUT2D eigenvalue weighted by Crippen LogP contribution is -2.22. The van der Waals surface area contributed by atoms with Crippen molar-refractivity contribution in [1.29, 1.82) is 0 Å². The van der Waals surface area contributed by atoms with Crippen LogP contribution in [0.15, 0.2) is 30.5 Å². The van der Waals surface area contributed by atoms with Gasteiger partial charge in [-0.05, 0) is 25.1 Å². The number of hydrogen-bond acceptors (Lipinski definition) is 6. The molecule has 11 heteroatoms. The van der Waals surface area contributed by atoms with Gasteiger partial charge in [-0.25, -0.2) is 19.1 Å². The van der Waals surface area contributed by atoms with Crippen LogP contribution in [0.25, 0.3) is 5.65 Å². The average molecular weight is 438 g/mol. The molecule has 0 aliphatic heterocycles. The highest BCUT2D eigenvalue weighted by Crippen LogP contribution is 2.27. The minimum Gasteiger partial charge on any atom is -0.465 e. The molecule has 1 aromatic carbocycles. The summed E-state index contributed by atoms with van der Waals surface area (Å²) in [6.45, 7) is 1.80. The molecule has 0 spiro atoms. The Kier molecular flexibility index (Phi) is 6.21. The third-order valence-corrected chi connectivity index (χ3v) is 4.46. The summed E-state index contributed by atoms with van der Waals surface area (Å²) >= 11 is 12.0. The van der Waals surface area contributed by atoms with Gasteiger partial charge < -0.3 is 20.1 Å². The zero-order valence-electron chi connectivity index (χ0n) is 15.7. The first kappa shape index (κ1) is 20.8. The zero-order chi connectivity index (χ0) is 21.1. The summed E-state index contributed by atoms with van der Waals surface area (Å²) in [5.41, 5.74) is 1.96. The minimum absolute atomic E-state index is 0.207. The van der Waals surface area contributed by atoms with Crippen molar-refractivity contribution in [3.8, 4) is 0 Å². The van der Waals surface area contributed by atoms with Gasteiger partial charge in [-0.3, -0.25) is 0 Å². The van der Waals surface area contributed by atoms with Gasteiger partial charge in [0.05, 0.1) is 36.4 Å². The van der Waals surface area contributed by atoms with Gasteiger partial charge in [0.2, 0.25) is 0 Å². The quantitative estimate of drug-likeness (QED) is 0.579. The number of urea groups is 1. The van der Waals surface area contributed by atoms with E-state index in [0.717, 1.165) is 0 Å². The zero-order valence-corrected chi connectivity index (χ0v) is 17.2. The predicted octanol–water partition coefficient (Wildman–Crippen LogP) is 4.17. The van der Waals surface area contributed by atoms with Crippen LogP contribution in [0.2, 0.25) is 10.2 Å². The number of carbonyl (C=O) groups is 2. The Balaban J connectivity index is 1.89. The van der Waals surface area contributed by atoms with Crippen molar-refractivity contribution in [2.75, 3.05) is 24.9 Å². The van der Waals surface area contributed by atoms with Crippen LogP contribution < -0.4 is 10.6 Å². The fraction of sp³-hybridized carbons (Fsp3) is 0.222. The number of methoxy groups -OCH3 is 2. The number of amides is 2. The number of nitrogens with one attached hydrogen (secondary N) is 2. The first-order valence-corrected chi connectivity index (χ1v) is 9.12. The second-order valence-corrected chi connectivity index (χ2v) is 6.80. The molecule has 0 aliphatic rings. The Labute approximate surface area is 175 Å². The fourth-order valence-electron chi connectivity index (χ4n) is 2.70. The van der Waals surface area contributed by atoms with E-state index < -0.39 is 18.1 Å². The Bertz CT molecular complexity index is 1090. The van der Waals surface area contributed by atoms with Gasteiger partial charge in [-0.15, -0.1) is 0 Å². The lowest BCUT2D eigenvalue weighted by molar-refractivity contribution is 0.0600. The number of carbonyl (C=O) groups excluding carboxylic acids is 2. The Hall–Kier alpha value is -2.88. The van der Waals surface area contributed by atoms with Gasteiger partial charge in [0.25, 0.3) is 0 Å². The molecule has 1 unspecified atom stereocenters. The lowest BCUT2D eigenvalue weighted by Gasteiger charge is -2.17. The van der Waals surface area contributed by atoms with Crippen molar-refractivity contribution >= 4 is 52.2 Å². The molecule has 0 fully saturated rings. The summed E-state index contributed by atoms with van der Waals surface area (Å²) in [6, 6.07) is 5.41. The molecule has 0 bridgehead atoms. The van der Waals surface area contributed by atoms with E-state index in [1.165, 1.54) is 43.1 Å². The molecule has 2 heterocycles. The molecular formula is C18H17Cl2N5O4. The largest absolute Gasteiger partial charge is 0.465 e. The molecular weight excluding hydrogens is 421 g/mol. The van der Waals surface area contributed by atoms with Crippen molar-refractivity contribution in [3.05, 3.63) is 51.9 Å². The van der Waals surface area contributed by atoms with Crippen LogP contribution in [0, 0.1) is 0 Å². The van der Waals surface area contributed by atoms with E-state index in [0.29, 0.717) is 22.7 Å². The SMILES string of the molecule is COC(=O)c1cc(Cl)cc(NC(=O)Nc2cnc3cc(Cl)nn3c2C(C)OC)c1. The van der Waals surface area contributed by atoms with Gasteiger partial charge in [0.15, 0.2) is 10.8 Å². The molecule has 0 aliphatic carbocycles. The number of anilines is 2. The van der Waals surface area contributed by atoms with Gasteiger partial charge in [-0.2, -0.15) is 5.10 Å². The van der Waals surface area contributed by atoms with Crippen LogP contribution >= 0.6 is 23.2 Å². The number of halogens is 2. The molecule has 2 aromatic heterocycles. The summed E-state index contributed by atoms with van der Waals surface area (Å²) in [5.74, 6) is -0.572. The molecule has 9 nitrogen and oxygen atoms in total. The number of hydrogen-bond donors (Lipinski definition) is 2. The Morgan fingerprint density at radius 3 is 2.59 bits per heavy atom. The molecule has 1 atom stereocenters. The topological polar surface area (TPSA) is 107 Å². The maximum Gasteiger partial charge on any atom is 0.337 e. The van der Waals surface area contributed by atoms with Crippen LogP contribution in [0.4, 0.5) is 16.2 Å². The highest BCUT2D eigenvalue weighted by Gasteiger charge is 2.19. The standard InChI is InChI=1S/C18H17Cl2N5O4/c1-9(28-2)16-13(8-21-15-7-14(20)24-25(15)16)23-18(27)22-12-5-10(17(26)29-3)4-11(19)6-12/h4-9H,1-3H3,(H2,22,23,27). The van der Waals surface area contributed by atoms with Crippen LogP contribution in [-0.4, -0.2) is 40.8 Å². The highest BCUT2D eigenvalue weighted by molar-refractivity contribution is 6.31. The minimum atomic E-state index is -0.577. The number of rotatable bonds is 5. The molecule has 2 amide bonds.